The highest BCUT2D eigenvalue weighted by Crippen LogP contribution is 2.30. The van der Waals surface area contributed by atoms with Gasteiger partial charge in [0.2, 0.25) is 5.91 Å². The lowest BCUT2D eigenvalue weighted by Crippen LogP contribution is -2.30. The van der Waals surface area contributed by atoms with Gasteiger partial charge in [-0.25, -0.2) is 0 Å². The van der Waals surface area contributed by atoms with Gasteiger partial charge in [0.15, 0.2) is 11.0 Å². The maximum atomic E-state index is 12.7. The number of carbonyl (C=O) groups excluding carboxylic acids is 1. The van der Waals surface area contributed by atoms with Gasteiger partial charge in [-0.1, -0.05) is 42.1 Å². The van der Waals surface area contributed by atoms with Crippen molar-refractivity contribution in [2.45, 2.75) is 23.9 Å². The lowest BCUT2D eigenvalue weighted by molar-refractivity contribution is -0.120. The van der Waals surface area contributed by atoms with Crippen LogP contribution in [0, 0.1) is 0 Å². The lowest BCUT2D eigenvalue weighted by Gasteiger charge is -2.14. The van der Waals surface area contributed by atoms with Crippen LogP contribution in [0.25, 0.3) is 17.1 Å². The Morgan fingerprint density at radius 1 is 1.03 bits per heavy atom. The van der Waals surface area contributed by atoms with Crippen LogP contribution in [-0.2, 0) is 11.3 Å². The molecule has 1 amide bonds. The molecule has 0 radical (unpaired) electrons. The molecule has 2 aromatic carbocycles. The van der Waals surface area contributed by atoms with E-state index in [0.717, 1.165) is 22.6 Å². The topological polar surface area (TPSA) is 81.9 Å². The molecule has 2 heterocycles. The summed E-state index contributed by atoms with van der Waals surface area (Å²) in [5.41, 5.74) is 2.82. The first kappa shape index (κ1) is 21.6. The number of pyridine rings is 1. The van der Waals surface area contributed by atoms with Crippen molar-refractivity contribution in [1.82, 2.24) is 25.1 Å². The number of carbonyl (C=O) groups is 1. The molecule has 8 heteroatoms. The molecule has 0 aliphatic heterocycles. The average molecular weight is 446 g/mol. The predicted octanol–water partition coefficient (Wildman–Crippen LogP) is 4.13. The summed E-state index contributed by atoms with van der Waals surface area (Å²) in [4.78, 5) is 16.8. The molecule has 0 saturated heterocycles. The molecule has 4 aromatic rings. The van der Waals surface area contributed by atoms with E-state index in [-0.39, 0.29) is 11.2 Å². The SMILES string of the molecule is COc1ccc(-n2c(SC(C)C(=O)NCc3ccccc3)nnc2-c2ccncc2)cc1. The maximum absolute atomic E-state index is 12.7. The van der Waals surface area contributed by atoms with Gasteiger partial charge >= 0.3 is 0 Å². The van der Waals surface area contributed by atoms with E-state index < -0.39 is 0 Å². The zero-order valence-corrected chi connectivity index (χ0v) is 18.6. The van der Waals surface area contributed by atoms with Crippen LogP contribution in [0.1, 0.15) is 12.5 Å². The van der Waals surface area contributed by atoms with Gasteiger partial charge in [0.05, 0.1) is 12.4 Å². The summed E-state index contributed by atoms with van der Waals surface area (Å²) < 4.78 is 7.23. The van der Waals surface area contributed by atoms with E-state index in [2.05, 4.69) is 20.5 Å². The van der Waals surface area contributed by atoms with Gasteiger partial charge < -0.3 is 10.1 Å². The second-order valence-electron chi connectivity index (χ2n) is 7.04. The van der Waals surface area contributed by atoms with Crippen molar-refractivity contribution in [2.75, 3.05) is 7.11 Å². The quantitative estimate of drug-likeness (QED) is 0.411. The highest BCUT2D eigenvalue weighted by atomic mass is 32.2. The van der Waals surface area contributed by atoms with Crippen LogP contribution in [0.15, 0.2) is 84.3 Å². The summed E-state index contributed by atoms with van der Waals surface area (Å²) in [5.74, 6) is 1.38. The highest BCUT2D eigenvalue weighted by Gasteiger charge is 2.22. The van der Waals surface area contributed by atoms with Crippen LogP contribution in [0.2, 0.25) is 0 Å². The first-order valence-electron chi connectivity index (χ1n) is 10.1. The minimum Gasteiger partial charge on any atom is -0.497 e. The molecule has 1 unspecified atom stereocenters. The standard InChI is InChI=1S/C24H23N5O2S/c1-17(23(30)26-16-18-6-4-3-5-7-18)32-24-28-27-22(19-12-14-25-15-13-19)29(24)20-8-10-21(31-2)11-9-20/h3-15,17H,16H2,1-2H3,(H,26,30). The number of hydrogen-bond donors (Lipinski definition) is 1. The van der Waals surface area contributed by atoms with Crippen LogP contribution in [0.5, 0.6) is 5.75 Å². The number of hydrogen-bond acceptors (Lipinski definition) is 6. The number of ether oxygens (including phenoxy) is 1. The molecule has 1 atom stereocenters. The Kier molecular flexibility index (Phi) is 6.81. The van der Waals surface area contributed by atoms with Crippen LogP contribution >= 0.6 is 11.8 Å². The monoisotopic (exact) mass is 445 g/mol. The first-order valence-corrected chi connectivity index (χ1v) is 11.0. The number of nitrogens with one attached hydrogen (secondary N) is 1. The Labute approximate surface area is 190 Å². The molecule has 2 aromatic heterocycles. The smallest absolute Gasteiger partial charge is 0.233 e. The molecular weight excluding hydrogens is 422 g/mol. The van der Waals surface area contributed by atoms with Crippen molar-refractivity contribution in [2.24, 2.45) is 0 Å². The molecule has 7 nitrogen and oxygen atoms in total. The third-order valence-corrected chi connectivity index (χ3v) is 5.91. The summed E-state index contributed by atoms with van der Waals surface area (Å²) in [7, 11) is 1.63. The van der Waals surface area contributed by atoms with Crippen LogP contribution in [0.4, 0.5) is 0 Å². The number of amides is 1. The fourth-order valence-electron chi connectivity index (χ4n) is 3.14. The molecule has 0 bridgehead atoms. The Morgan fingerprint density at radius 3 is 2.44 bits per heavy atom. The Hall–Kier alpha value is -3.65. The van der Waals surface area contributed by atoms with E-state index in [4.69, 9.17) is 4.74 Å². The van der Waals surface area contributed by atoms with E-state index in [0.29, 0.717) is 17.5 Å². The summed E-state index contributed by atoms with van der Waals surface area (Å²) in [6.07, 6.45) is 3.43. The van der Waals surface area contributed by atoms with Crippen LogP contribution in [0.3, 0.4) is 0 Å². The largest absolute Gasteiger partial charge is 0.497 e. The lowest BCUT2D eigenvalue weighted by atomic mass is 10.2. The molecule has 0 spiro atoms. The fourth-order valence-corrected chi connectivity index (χ4v) is 4.03. The zero-order valence-electron chi connectivity index (χ0n) is 17.8. The minimum absolute atomic E-state index is 0.0615. The van der Waals surface area contributed by atoms with E-state index in [1.807, 2.05) is 78.2 Å². The highest BCUT2D eigenvalue weighted by molar-refractivity contribution is 8.00. The third-order valence-electron chi connectivity index (χ3n) is 4.86. The fraction of sp³-hybridized carbons (Fsp3) is 0.167. The summed E-state index contributed by atoms with van der Waals surface area (Å²) in [6.45, 7) is 2.35. The van der Waals surface area contributed by atoms with Crippen molar-refractivity contribution in [3.8, 4) is 22.8 Å². The number of methoxy groups -OCH3 is 1. The van der Waals surface area contributed by atoms with Crippen molar-refractivity contribution in [1.29, 1.82) is 0 Å². The van der Waals surface area contributed by atoms with Gasteiger partial charge in [0.25, 0.3) is 0 Å². The Morgan fingerprint density at radius 2 is 1.75 bits per heavy atom. The van der Waals surface area contributed by atoms with Crippen LogP contribution in [-0.4, -0.2) is 38.0 Å². The zero-order chi connectivity index (χ0) is 22.3. The Balaban J connectivity index is 1.58. The molecule has 0 saturated carbocycles. The minimum atomic E-state index is -0.356. The van der Waals surface area contributed by atoms with Crippen LogP contribution < -0.4 is 10.1 Å². The van der Waals surface area contributed by atoms with Gasteiger partial charge in [-0.15, -0.1) is 10.2 Å². The van der Waals surface area contributed by atoms with E-state index in [1.165, 1.54) is 11.8 Å². The summed E-state index contributed by atoms with van der Waals surface area (Å²) in [6, 6.07) is 21.3. The van der Waals surface area contributed by atoms with Crippen molar-refractivity contribution in [3.05, 3.63) is 84.7 Å². The number of nitrogens with zero attached hydrogens (tertiary/aromatic N) is 4. The second kappa shape index (κ2) is 10.1. The molecule has 162 valence electrons. The van der Waals surface area contributed by atoms with E-state index >= 15 is 0 Å². The van der Waals surface area contributed by atoms with E-state index in [1.54, 1.807) is 19.5 Å². The normalized spacial score (nSPS) is 11.7. The molecule has 0 aliphatic rings. The average Bonchev–Trinajstić information content (AvgIpc) is 3.27. The van der Waals surface area contributed by atoms with Gasteiger partial charge in [-0.05, 0) is 48.9 Å². The number of thioether (sulfide) groups is 1. The van der Waals surface area contributed by atoms with Gasteiger partial charge in [0, 0.05) is 30.2 Å². The second-order valence-corrected chi connectivity index (χ2v) is 8.35. The molecule has 0 aliphatic carbocycles. The molecule has 32 heavy (non-hydrogen) atoms. The van der Waals surface area contributed by atoms with Crippen molar-refractivity contribution >= 4 is 17.7 Å². The van der Waals surface area contributed by atoms with Crippen molar-refractivity contribution < 1.29 is 9.53 Å². The molecule has 0 fully saturated rings. The molecular formula is C24H23N5O2S. The third kappa shape index (κ3) is 4.97. The molecule has 4 rings (SSSR count). The molecule has 1 N–H and O–H groups in total. The van der Waals surface area contributed by atoms with Gasteiger partial charge in [0.1, 0.15) is 5.75 Å². The van der Waals surface area contributed by atoms with Crippen molar-refractivity contribution in [3.63, 3.8) is 0 Å². The Bertz CT molecular complexity index is 1160. The summed E-state index contributed by atoms with van der Waals surface area (Å²) in [5, 5.41) is 12.1. The van der Waals surface area contributed by atoms with Gasteiger partial charge in [-0.3, -0.25) is 14.3 Å². The van der Waals surface area contributed by atoms with Gasteiger partial charge in [-0.2, -0.15) is 0 Å². The summed E-state index contributed by atoms with van der Waals surface area (Å²) >= 11 is 1.36. The first-order chi connectivity index (χ1) is 15.7. The van der Waals surface area contributed by atoms with E-state index in [9.17, 15) is 4.79 Å². The number of benzene rings is 2. The maximum Gasteiger partial charge on any atom is 0.233 e. The number of aromatic nitrogens is 4. The number of rotatable bonds is 8. The predicted molar refractivity (Wildman–Crippen MR) is 125 cm³/mol.